The van der Waals surface area contributed by atoms with Gasteiger partial charge >= 0.3 is 0 Å². The summed E-state index contributed by atoms with van der Waals surface area (Å²) < 4.78 is 0. The number of amides is 1. The highest BCUT2D eigenvalue weighted by molar-refractivity contribution is 6.31. The van der Waals surface area contributed by atoms with E-state index in [9.17, 15) is 4.79 Å². The Hall–Kier alpha value is -1.26. The van der Waals surface area contributed by atoms with Crippen LogP contribution in [0, 0.1) is 0 Å². The van der Waals surface area contributed by atoms with Crippen LogP contribution >= 0.6 is 11.6 Å². The second-order valence-electron chi connectivity index (χ2n) is 5.14. The van der Waals surface area contributed by atoms with E-state index in [1.54, 1.807) is 6.07 Å². The van der Waals surface area contributed by atoms with Crippen molar-refractivity contribution in [2.75, 3.05) is 24.5 Å². The Morgan fingerprint density at radius 2 is 2.11 bits per heavy atom. The Balaban J connectivity index is 2.10. The van der Waals surface area contributed by atoms with Gasteiger partial charge in [0.05, 0.1) is 11.3 Å². The summed E-state index contributed by atoms with van der Waals surface area (Å²) in [7, 11) is 0. The number of halogens is 1. The number of nitrogens with one attached hydrogen (secondary N) is 2. The van der Waals surface area contributed by atoms with Gasteiger partial charge < -0.3 is 15.5 Å². The highest BCUT2D eigenvalue weighted by atomic mass is 35.5. The molecule has 0 radical (unpaired) electrons. The molecule has 2 N–H and O–H groups in total. The number of carbonyl (C=O) groups is 1. The molecule has 5 heteroatoms. The molecule has 1 aromatic carbocycles. The van der Waals surface area contributed by atoms with Gasteiger partial charge in [0, 0.05) is 24.4 Å². The molecule has 3 rings (SSSR count). The van der Waals surface area contributed by atoms with Crippen molar-refractivity contribution >= 4 is 23.2 Å². The van der Waals surface area contributed by atoms with E-state index in [1.807, 2.05) is 12.1 Å². The molecule has 2 heterocycles. The molecule has 1 amide bonds. The van der Waals surface area contributed by atoms with E-state index >= 15 is 0 Å². The van der Waals surface area contributed by atoms with Crippen LogP contribution in [0.15, 0.2) is 18.2 Å². The predicted molar refractivity (Wildman–Crippen MR) is 76.8 cm³/mol. The third-order valence-corrected chi connectivity index (χ3v) is 4.34. The quantitative estimate of drug-likeness (QED) is 0.826. The average molecular weight is 280 g/mol. The van der Waals surface area contributed by atoms with E-state index in [0.717, 1.165) is 43.7 Å². The van der Waals surface area contributed by atoms with Crippen LogP contribution in [0.3, 0.4) is 0 Å². The van der Waals surface area contributed by atoms with Gasteiger partial charge in [-0.2, -0.15) is 0 Å². The largest absolute Gasteiger partial charge is 0.348 e. The third-order valence-electron chi connectivity index (χ3n) is 4.11. The van der Waals surface area contributed by atoms with Crippen LogP contribution in [0.2, 0.25) is 5.02 Å². The number of anilines is 1. The van der Waals surface area contributed by atoms with E-state index in [4.69, 9.17) is 11.6 Å². The van der Waals surface area contributed by atoms with Gasteiger partial charge in [0.2, 0.25) is 0 Å². The second kappa shape index (κ2) is 4.69. The maximum absolute atomic E-state index is 12.3. The summed E-state index contributed by atoms with van der Waals surface area (Å²) in [5.74, 6) is 0.0123. The molecule has 2 aliphatic heterocycles. The molecule has 1 fully saturated rings. The van der Waals surface area contributed by atoms with Crippen molar-refractivity contribution in [3.8, 4) is 0 Å². The second-order valence-corrected chi connectivity index (χ2v) is 5.58. The summed E-state index contributed by atoms with van der Waals surface area (Å²) in [5, 5.41) is 7.24. The summed E-state index contributed by atoms with van der Waals surface area (Å²) in [6.45, 7) is 4.82. The highest BCUT2D eigenvalue weighted by Crippen LogP contribution is 2.37. The van der Waals surface area contributed by atoms with E-state index in [0.29, 0.717) is 5.02 Å². The number of carbonyl (C=O) groups excluding carboxylic acids is 1. The molecule has 102 valence electrons. The van der Waals surface area contributed by atoms with Gasteiger partial charge in [-0.3, -0.25) is 4.79 Å². The maximum Gasteiger partial charge on any atom is 0.255 e. The molecular weight excluding hydrogens is 262 g/mol. The smallest absolute Gasteiger partial charge is 0.255 e. The van der Waals surface area contributed by atoms with Crippen LogP contribution in [0.5, 0.6) is 0 Å². The van der Waals surface area contributed by atoms with Gasteiger partial charge in [0.15, 0.2) is 0 Å². The minimum Gasteiger partial charge on any atom is -0.348 e. The lowest BCUT2D eigenvalue weighted by Gasteiger charge is -2.51. The number of benzene rings is 1. The van der Waals surface area contributed by atoms with Gasteiger partial charge in [-0.05, 0) is 38.2 Å². The average Bonchev–Trinajstić information content (AvgIpc) is 2.39. The van der Waals surface area contributed by atoms with Crippen LogP contribution in [0.25, 0.3) is 0 Å². The van der Waals surface area contributed by atoms with Crippen molar-refractivity contribution < 1.29 is 4.79 Å². The first-order chi connectivity index (χ1) is 9.16. The van der Waals surface area contributed by atoms with Gasteiger partial charge in [-0.1, -0.05) is 11.6 Å². The topological polar surface area (TPSA) is 44.4 Å². The van der Waals surface area contributed by atoms with Crippen LogP contribution in [0.4, 0.5) is 5.69 Å². The molecule has 0 bridgehead atoms. The van der Waals surface area contributed by atoms with E-state index in [1.165, 1.54) is 0 Å². The normalized spacial score (nSPS) is 21.2. The standard InChI is InChI=1S/C14H18ClN3O/c1-2-18-12-9-10(15)3-4-11(12)13(19)17-14(18)5-7-16-8-6-14/h3-4,9,16H,2,5-8H2,1H3,(H,17,19). The molecule has 2 aliphatic rings. The fourth-order valence-electron chi connectivity index (χ4n) is 3.21. The van der Waals surface area contributed by atoms with Gasteiger partial charge in [0.25, 0.3) is 5.91 Å². The first-order valence-electron chi connectivity index (χ1n) is 6.77. The van der Waals surface area contributed by atoms with Gasteiger partial charge in [-0.25, -0.2) is 0 Å². The Kier molecular flexibility index (Phi) is 3.15. The first-order valence-corrected chi connectivity index (χ1v) is 7.14. The number of piperidine rings is 1. The fourth-order valence-corrected chi connectivity index (χ4v) is 3.37. The van der Waals surface area contributed by atoms with Crippen molar-refractivity contribution in [1.82, 2.24) is 10.6 Å². The molecule has 0 aromatic heterocycles. The summed E-state index contributed by atoms with van der Waals surface area (Å²) >= 11 is 6.10. The zero-order valence-corrected chi connectivity index (χ0v) is 11.8. The first kappa shape index (κ1) is 12.8. The Labute approximate surface area is 118 Å². The monoisotopic (exact) mass is 279 g/mol. The summed E-state index contributed by atoms with van der Waals surface area (Å²) in [4.78, 5) is 14.6. The van der Waals surface area contributed by atoms with Crippen molar-refractivity contribution in [2.24, 2.45) is 0 Å². The summed E-state index contributed by atoms with van der Waals surface area (Å²) in [5.41, 5.74) is 1.42. The number of nitrogens with zero attached hydrogens (tertiary/aromatic N) is 1. The van der Waals surface area contributed by atoms with Crippen LogP contribution < -0.4 is 15.5 Å². The lowest BCUT2D eigenvalue weighted by molar-refractivity contribution is 0.0852. The van der Waals surface area contributed by atoms with Crippen LogP contribution in [-0.2, 0) is 0 Å². The third kappa shape index (κ3) is 1.99. The minimum absolute atomic E-state index is 0.0123. The number of hydrogen-bond acceptors (Lipinski definition) is 3. The summed E-state index contributed by atoms with van der Waals surface area (Å²) in [6.07, 6.45) is 1.83. The molecule has 0 aliphatic carbocycles. The van der Waals surface area contributed by atoms with E-state index in [2.05, 4.69) is 22.5 Å². The van der Waals surface area contributed by atoms with Crippen LogP contribution in [-0.4, -0.2) is 31.2 Å². The highest BCUT2D eigenvalue weighted by Gasteiger charge is 2.43. The Bertz CT molecular complexity index is 511. The maximum atomic E-state index is 12.3. The molecule has 0 unspecified atom stereocenters. The minimum atomic E-state index is -0.255. The lowest BCUT2D eigenvalue weighted by atomic mass is 9.91. The molecule has 0 saturated carbocycles. The summed E-state index contributed by atoms with van der Waals surface area (Å²) in [6, 6.07) is 5.49. The van der Waals surface area contributed by atoms with Crippen molar-refractivity contribution in [1.29, 1.82) is 0 Å². The number of fused-ring (bicyclic) bond motifs is 1. The molecule has 1 aromatic rings. The number of hydrogen-bond donors (Lipinski definition) is 2. The predicted octanol–water partition coefficient (Wildman–Crippen LogP) is 1.99. The van der Waals surface area contributed by atoms with Crippen LogP contribution in [0.1, 0.15) is 30.1 Å². The Morgan fingerprint density at radius 3 is 2.79 bits per heavy atom. The molecule has 0 atom stereocenters. The molecule has 4 nitrogen and oxygen atoms in total. The lowest BCUT2D eigenvalue weighted by Crippen LogP contribution is -2.67. The molecule has 19 heavy (non-hydrogen) atoms. The zero-order chi connectivity index (χ0) is 13.5. The molecular formula is C14H18ClN3O. The SMILES string of the molecule is CCN1c2cc(Cl)ccc2C(=O)NC12CCNCC2. The zero-order valence-electron chi connectivity index (χ0n) is 11.0. The fraction of sp³-hybridized carbons (Fsp3) is 0.500. The molecule has 1 saturated heterocycles. The van der Waals surface area contributed by atoms with Gasteiger partial charge in [-0.15, -0.1) is 0 Å². The van der Waals surface area contributed by atoms with Gasteiger partial charge in [0.1, 0.15) is 5.66 Å². The van der Waals surface area contributed by atoms with Crippen molar-refractivity contribution in [3.63, 3.8) is 0 Å². The van der Waals surface area contributed by atoms with Crippen molar-refractivity contribution in [2.45, 2.75) is 25.4 Å². The number of rotatable bonds is 1. The van der Waals surface area contributed by atoms with Crippen molar-refractivity contribution in [3.05, 3.63) is 28.8 Å². The van der Waals surface area contributed by atoms with E-state index < -0.39 is 0 Å². The molecule has 1 spiro atoms. The van der Waals surface area contributed by atoms with E-state index in [-0.39, 0.29) is 11.6 Å². The Morgan fingerprint density at radius 1 is 1.37 bits per heavy atom.